The number of aliphatic carboxylic acids is 1. The predicted octanol–water partition coefficient (Wildman–Crippen LogP) is 2.19. The minimum atomic E-state index is -0.902. The summed E-state index contributed by atoms with van der Waals surface area (Å²) in [5.41, 5.74) is 0.559. The highest BCUT2D eigenvalue weighted by Crippen LogP contribution is 2.13. The summed E-state index contributed by atoms with van der Waals surface area (Å²) in [4.78, 5) is 27.5. The molecule has 1 aromatic carbocycles. The van der Waals surface area contributed by atoms with Gasteiger partial charge in [-0.3, -0.25) is 9.59 Å². The number of hydrogen-bond acceptors (Lipinski definition) is 6. The highest BCUT2D eigenvalue weighted by molar-refractivity contribution is 7.16. The Labute approximate surface area is 140 Å². The zero-order valence-corrected chi connectivity index (χ0v) is 13.3. The zero-order valence-electron chi connectivity index (χ0n) is 12.5. The molecule has 0 aliphatic rings. The third-order valence-corrected chi connectivity index (χ3v) is 3.98. The van der Waals surface area contributed by atoms with Crippen LogP contribution in [0.25, 0.3) is 10.2 Å². The fraction of sp³-hybridized carbons (Fsp3) is 0.125. The minimum absolute atomic E-state index is 0.0514. The number of fused-ring (bicyclic) bond motifs is 1. The number of carbonyl (C=O) groups is 1. The van der Waals surface area contributed by atoms with Crippen molar-refractivity contribution in [2.75, 3.05) is 6.61 Å². The average Bonchev–Trinajstić information content (AvgIpc) is 3.05. The molecule has 0 saturated carbocycles. The van der Waals surface area contributed by atoms with Crippen molar-refractivity contribution in [2.45, 2.75) is 6.42 Å². The second-order valence-corrected chi connectivity index (χ2v) is 5.73. The van der Waals surface area contributed by atoms with Crippen LogP contribution in [0.5, 0.6) is 5.75 Å². The first-order valence-electron chi connectivity index (χ1n) is 7.07. The molecule has 122 valence electrons. The number of benzene rings is 1. The van der Waals surface area contributed by atoms with E-state index in [9.17, 15) is 9.59 Å². The van der Waals surface area contributed by atoms with Crippen molar-refractivity contribution in [3.05, 3.63) is 58.0 Å². The molecule has 0 atom stereocenters. The fourth-order valence-electron chi connectivity index (χ4n) is 1.96. The molecule has 0 amide bonds. The van der Waals surface area contributed by atoms with Crippen LogP contribution < -0.4 is 10.3 Å². The summed E-state index contributed by atoms with van der Waals surface area (Å²) in [5.74, 6) is -0.327. The molecule has 0 radical (unpaired) electrons. The Morgan fingerprint density at radius 1 is 1.33 bits per heavy atom. The van der Waals surface area contributed by atoms with Gasteiger partial charge in [0.05, 0.1) is 24.6 Å². The third kappa shape index (κ3) is 3.66. The van der Waals surface area contributed by atoms with E-state index in [1.165, 1.54) is 22.3 Å². The molecule has 0 aliphatic carbocycles. The van der Waals surface area contributed by atoms with E-state index in [0.29, 0.717) is 16.0 Å². The minimum Gasteiger partial charge on any atom is -0.493 e. The van der Waals surface area contributed by atoms with Crippen molar-refractivity contribution in [2.24, 2.45) is 5.10 Å². The van der Waals surface area contributed by atoms with Crippen LogP contribution in [0.1, 0.15) is 12.0 Å². The molecule has 3 aromatic rings. The standard InChI is InChI=1S/C16H13N3O4S/c20-14(21)5-7-23-12-3-1-11(2-4-12)9-18-19-10-17-15-13(16(19)22)6-8-24-15/h1-4,6,8-10H,5,7H2,(H,20,21). The number of carboxylic acid groups (broad SMARTS) is 1. The summed E-state index contributed by atoms with van der Waals surface area (Å²) >= 11 is 1.41. The lowest BCUT2D eigenvalue weighted by Crippen LogP contribution is -2.16. The van der Waals surface area contributed by atoms with Crippen LogP contribution in [0.3, 0.4) is 0 Å². The van der Waals surface area contributed by atoms with Crippen LogP contribution in [0.15, 0.2) is 51.9 Å². The maximum Gasteiger partial charge on any atom is 0.306 e. The van der Waals surface area contributed by atoms with Gasteiger partial charge in [-0.25, -0.2) is 4.98 Å². The number of hydrogen-bond donors (Lipinski definition) is 1. The largest absolute Gasteiger partial charge is 0.493 e. The van der Waals surface area contributed by atoms with E-state index in [2.05, 4.69) is 10.1 Å². The van der Waals surface area contributed by atoms with E-state index in [-0.39, 0.29) is 18.6 Å². The van der Waals surface area contributed by atoms with Crippen LogP contribution in [-0.2, 0) is 4.79 Å². The Hall–Kier alpha value is -3.00. The quantitative estimate of drug-likeness (QED) is 0.693. The number of nitrogens with zero attached hydrogens (tertiary/aromatic N) is 3. The van der Waals surface area contributed by atoms with Crippen LogP contribution >= 0.6 is 11.3 Å². The molecule has 1 N–H and O–H groups in total. The fourth-order valence-corrected chi connectivity index (χ4v) is 2.69. The average molecular weight is 343 g/mol. The first-order chi connectivity index (χ1) is 11.6. The Bertz CT molecular complexity index is 944. The molecule has 0 unspecified atom stereocenters. The topological polar surface area (TPSA) is 93.8 Å². The van der Waals surface area contributed by atoms with E-state index in [4.69, 9.17) is 9.84 Å². The van der Waals surface area contributed by atoms with E-state index < -0.39 is 5.97 Å². The summed E-state index contributed by atoms with van der Waals surface area (Å²) in [6.07, 6.45) is 2.88. The predicted molar refractivity (Wildman–Crippen MR) is 91.1 cm³/mol. The summed E-state index contributed by atoms with van der Waals surface area (Å²) in [6, 6.07) is 8.69. The lowest BCUT2D eigenvalue weighted by atomic mass is 10.2. The molecule has 0 saturated heterocycles. The number of thiophene rings is 1. The van der Waals surface area contributed by atoms with Gasteiger partial charge < -0.3 is 9.84 Å². The molecular weight excluding hydrogens is 330 g/mol. The van der Waals surface area contributed by atoms with E-state index in [1.807, 2.05) is 5.38 Å². The van der Waals surface area contributed by atoms with Gasteiger partial charge >= 0.3 is 5.97 Å². The van der Waals surface area contributed by atoms with Crippen LogP contribution in [-0.4, -0.2) is 33.6 Å². The van der Waals surface area contributed by atoms with Gasteiger partial charge in [-0.2, -0.15) is 9.78 Å². The van der Waals surface area contributed by atoms with E-state index >= 15 is 0 Å². The molecule has 0 aliphatic heterocycles. The first-order valence-corrected chi connectivity index (χ1v) is 7.95. The number of aromatic nitrogens is 2. The van der Waals surface area contributed by atoms with Gasteiger partial charge in [0.2, 0.25) is 0 Å². The summed E-state index contributed by atoms with van der Waals surface area (Å²) in [5, 5.41) is 15.0. The molecule has 2 aromatic heterocycles. The molecule has 0 fully saturated rings. The summed E-state index contributed by atoms with van der Waals surface area (Å²) in [7, 11) is 0. The van der Waals surface area contributed by atoms with Crippen molar-refractivity contribution in [3.63, 3.8) is 0 Å². The van der Waals surface area contributed by atoms with Crippen molar-refractivity contribution >= 4 is 33.7 Å². The zero-order chi connectivity index (χ0) is 16.9. The Balaban J connectivity index is 1.70. The first kappa shape index (κ1) is 15.9. The lowest BCUT2D eigenvalue weighted by Gasteiger charge is -2.04. The molecule has 0 spiro atoms. The maximum absolute atomic E-state index is 12.2. The second-order valence-electron chi connectivity index (χ2n) is 4.84. The van der Waals surface area contributed by atoms with Crippen molar-refractivity contribution in [3.8, 4) is 5.75 Å². The van der Waals surface area contributed by atoms with Gasteiger partial charge in [0.1, 0.15) is 16.9 Å². The SMILES string of the molecule is O=C(O)CCOc1ccc(C=Nn2cnc3sccc3c2=O)cc1. The van der Waals surface area contributed by atoms with Crippen LogP contribution in [0.4, 0.5) is 0 Å². The van der Waals surface area contributed by atoms with Gasteiger partial charge in [0.15, 0.2) is 0 Å². The third-order valence-electron chi connectivity index (χ3n) is 3.16. The number of carboxylic acids is 1. The maximum atomic E-state index is 12.2. The lowest BCUT2D eigenvalue weighted by molar-refractivity contribution is -0.137. The molecule has 8 heteroatoms. The normalized spacial score (nSPS) is 11.2. The summed E-state index contributed by atoms with van der Waals surface area (Å²) in [6.45, 7) is 0.116. The van der Waals surface area contributed by atoms with E-state index in [0.717, 1.165) is 5.56 Å². The Kier molecular flexibility index (Phi) is 4.66. The number of rotatable bonds is 6. The van der Waals surface area contributed by atoms with Gasteiger partial charge in [-0.1, -0.05) is 0 Å². The van der Waals surface area contributed by atoms with Crippen molar-refractivity contribution in [1.29, 1.82) is 0 Å². The van der Waals surface area contributed by atoms with Gasteiger partial charge in [0, 0.05) is 0 Å². The molecular formula is C16H13N3O4S. The van der Waals surface area contributed by atoms with Gasteiger partial charge in [-0.05, 0) is 41.3 Å². The number of ether oxygens (including phenoxy) is 1. The highest BCUT2D eigenvalue weighted by Gasteiger charge is 2.03. The second kappa shape index (κ2) is 7.05. The molecule has 0 bridgehead atoms. The van der Waals surface area contributed by atoms with Gasteiger partial charge in [0.25, 0.3) is 5.56 Å². The van der Waals surface area contributed by atoms with Crippen molar-refractivity contribution < 1.29 is 14.6 Å². The summed E-state index contributed by atoms with van der Waals surface area (Å²) < 4.78 is 6.49. The van der Waals surface area contributed by atoms with Crippen LogP contribution in [0.2, 0.25) is 0 Å². The molecule has 3 rings (SSSR count). The van der Waals surface area contributed by atoms with E-state index in [1.54, 1.807) is 36.5 Å². The van der Waals surface area contributed by atoms with Crippen LogP contribution in [0, 0.1) is 0 Å². The Morgan fingerprint density at radius 2 is 2.12 bits per heavy atom. The van der Waals surface area contributed by atoms with Gasteiger partial charge in [-0.15, -0.1) is 11.3 Å². The van der Waals surface area contributed by atoms with Crippen molar-refractivity contribution in [1.82, 2.24) is 9.66 Å². The monoisotopic (exact) mass is 343 g/mol. The molecule has 2 heterocycles. The highest BCUT2D eigenvalue weighted by atomic mass is 32.1. The Morgan fingerprint density at radius 3 is 2.88 bits per heavy atom. The molecule has 7 nitrogen and oxygen atoms in total. The molecule has 24 heavy (non-hydrogen) atoms. The smallest absolute Gasteiger partial charge is 0.306 e.